The summed E-state index contributed by atoms with van der Waals surface area (Å²) in [4.78, 5) is 13.4. The van der Waals surface area contributed by atoms with Gasteiger partial charge in [0.2, 0.25) is 0 Å². The van der Waals surface area contributed by atoms with E-state index in [1.165, 1.54) is 0 Å². The molecule has 112 valence electrons. The van der Waals surface area contributed by atoms with Gasteiger partial charge in [-0.1, -0.05) is 38.4 Å². The Morgan fingerprint density at radius 1 is 1.19 bits per heavy atom. The number of nitrogens with zero attached hydrogens (tertiary/aromatic N) is 3. The molecule has 2 rings (SSSR count). The van der Waals surface area contributed by atoms with Crippen LogP contribution >= 0.6 is 11.6 Å². The molecule has 1 N–H and O–H groups in total. The lowest BCUT2D eigenvalue weighted by Gasteiger charge is -2.19. The molecule has 4 nitrogen and oxygen atoms in total. The summed E-state index contributed by atoms with van der Waals surface area (Å²) in [6.07, 6.45) is 1.80. The first-order valence-electron chi connectivity index (χ1n) is 6.98. The fraction of sp³-hybridized carbons (Fsp3) is 0.438. The fourth-order valence-corrected chi connectivity index (χ4v) is 2.04. The molecule has 2 aromatic heterocycles. The van der Waals surface area contributed by atoms with Gasteiger partial charge < -0.3 is 5.32 Å². The Hall–Kier alpha value is -1.68. The number of rotatable bonds is 3. The number of aromatic nitrogens is 3. The summed E-state index contributed by atoms with van der Waals surface area (Å²) in [5, 5.41) is 3.82. The number of anilines is 1. The monoisotopic (exact) mass is 304 g/mol. The number of nitrogens with one attached hydrogen (secondary N) is 1. The van der Waals surface area contributed by atoms with Gasteiger partial charge in [0.05, 0.1) is 12.2 Å². The standard InChI is InChI=1S/C16H21ClN4/c1-10-7-6-8-18-12(10)9-19-14-11(2)13(17)20-15(21-14)16(3,4)5/h6-8H,9H2,1-5H3,(H,19,20,21). The zero-order valence-electron chi connectivity index (χ0n) is 13.2. The molecule has 0 amide bonds. The number of hydrogen-bond donors (Lipinski definition) is 1. The van der Waals surface area contributed by atoms with Crippen LogP contribution in [0.25, 0.3) is 0 Å². The topological polar surface area (TPSA) is 50.7 Å². The lowest BCUT2D eigenvalue weighted by molar-refractivity contribution is 0.545. The number of hydrogen-bond acceptors (Lipinski definition) is 4. The van der Waals surface area contributed by atoms with Crippen molar-refractivity contribution < 1.29 is 0 Å². The Bertz CT molecular complexity index is 647. The minimum absolute atomic E-state index is 0.144. The van der Waals surface area contributed by atoms with E-state index in [4.69, 9.17) is 11.6 Å². The summed E-state index contributed by atoms with van der Waals surface area (Å²) in [5.74, 6) is 1.50. The smallest absolute Gasteiger partial charge is 0.137 e. The fourth-order valence-electron chi connectivity index (χ4n) is 1.87. The largest absolute Gasteiger partial charge is 0.364 e. The Morgan fingerprint density at radius 3 is 2.52 bits per heavy atom. The van der Waals surface area contributed by atoms with Crippen LogP contribution in [-0.4, -0.2) is 15.0 Å². The van der Waals surface area contributed by atoms with E-state index in [-0.39, 0.29) is 5.41 Å². The van der Waals surface area contributed by atoms with E-state index in [2.05, 4.69) is 41.0 Å². The average molecular weight is 305 g/mol. The van der Waals surface area contributed by atoms with Gasteiger partial charge in [-0.05, 0) is 25.5 Å². The van der Waals surface area contributed by atoms with Gasteiger partial charge in [-0.2, -0.15) is 0 Å². The van der Waals surface area contributed by atoms with Crippen LogP contribution in [-0.2, 0) is 12.0 Å². The minimum atomic E-state index is -0.144. The van der Waals surface area contributed by atoms with Crippen LogP contribution in [0.2, 0.25) is 5.15 Å². The average Bonchev–Trinajstić information content (AvgIpc) is 2.40. The predicted molar refractivity (Wildman–Crippen MR) is 86.8 cm³/mol. The lowest BCUT2D eigenvalue weighted by Crippen LogP contribution is -2.18. The van der Waals surface area contributed by atoms with Crippen LogP contribution in [0, 0.1) is 13.8 Å². The molecule has 21 heavy (non-hydrogen) atoms. The molecule has 0 aliphatic rings. The molecule has 2 heterocycles. The zero-order chi connectivity index (χ0) is 15.6. The van der Waals surface area contributed by atoms with E-state index in [0.717, 1.165) is 28.5 Å². The van der Waals surface area contributed by atoms with Gasteiger partial charge in [-0.25, -0.2) is 9.97 Å². The van der Waals surface area contributed by atoms with E-state index in [1.54, 1.807) is 6.20 Å². The van der Waals surface area contributed by atoms with E-state index in [9.17, 15) is 0 Å². The molecule has 0 bridgehead atoms. The molecule has 0 saturated heterocycles. The van der Waals surface area contributed by atoms with Crippen molar-refractivity contribution in [2.45, 2.75) is 46.6 Å². The van der Waals surface area contributed by atoms with Gasteiger partial charge >= 0.3 is 0 Å². The van der Waals surface area contributed by atoms with Crippen LogP contribution in [0.5, 0.6) is 0 Å². The molecule has 0 aliphatic carbocycles. The van der Waals surface area contributed by atoms with Crippen molar-refractivity contribution >= 4 is 17.4 Å². The zero-order valence-corrected chi connectivity index (χ0v) is 13.9. The summed E-state index contributed by atoms with van der Waals surface area (Å²) < 4.78 is 0. The van der Waals surface area contributed by atoms with Gasteiger partial charge in [0.15, 0.2) is 0 Å². The SMILES string of the molecule is Cc1cccnc1CNc1nc(C(C)(C)C)nc(Cl)c1C. The summed E-state index contributed by atoms with van der Waals surface area (Å²) in [6.45, 7) is 10.8. The summed E-state index contributed by atoms with van der Waals surface area (Å²) in [7, 11) is 0. The highest BCUT2D eigenvalue weighted by Crippen LogP contribution is 2.26. The van der Waals surface area contributed by atoms with Crippen molar-refractivity contribution in [1.29, 1.82) is 0 Å². The summed E-state index contributed by atoms with van der Waals surface area (Å²) in [5.41, 5.74) is 2.87. The summed E-state index contributed by atoms with van der Waals surface area (Å²) in [6, 6.07) is 3.98. The Kier molecular flexibility index (Phi) is 4.47. The molecule has 2 aromatic rings. The van der Waals surface area contributed by atoms with Gasteiger partial charge in [-0.15, -0.1) is 0 Å². The van der Waals surface area contributed by atoms with Crippen LogP contribution < -0.4 is 5.32 Å². The third-order valence-electron chi connectivity index (χ3n) is 3.30. The van der Waals surface area contributed by atoms with Crippen molar-refractivity contribution in [3.8, 4) is 0 Å². The quantitative estimate of drug-likeness (QED) is 0.869. The maximum Gasteiger partial charge on any atom is 0.137 e. The molecule has 5 heteroatoms. The van der Waals surface area contributed by atoms with E-state index in [1.807, 2.05) is 26.0 Å². The highest BCUT2D eigenvalue weighted by atomic mass is 35.5. The van der Waals surface area contributed by atoms with Crippen LogP contribution in [0.4, 0.5) is 5.82 Å². The Morgan fingerprint density at radius 2 is 1.90 bits per heavy atom. The Balaban J connectivity index is 2.28. The number of pyridine rings is 1. The molecule has 0 aliphatic heterocycles. The second kappa shape index (κ2) is 5.98. The van der Waals surface area contributed by atoms with E-state index < -0.39 is 0 Å². The molecular formula is C16H21ClN4. The first-order chi connectivity index (χ1) is 9.79. The molecule has 0 atom stereocenters. The third-order valence-corrected chi connectivity index (χ3v) is 3.67. The first kappa shape index (κ1) is 15.7. The molecule has 0 unspecified atom stereocenters. The Labute approximate surface area is 131 Å². The highest BCUT2D eigenvalue weighted by molar-refractivity contribution is 6.30. The normalized spacial score (nSPS) is 11.5. The number of aryl methyl sites for hydroxylation is 1. The number of halogens is 1. The van der Waals surface area contributed by atoms with Crippen LogP contribution in [0.1, 0.15) is 43.4 Å². The van der Waals surface area contributed by atoms with Crippen molar-refractivity contribution in [3.05, 3.63) is 46.1 Å². The molecule has 0 radical (unpaired) electrons. The van der Waals surface area contributed by atoms with Crippen molar-refractivity contribution in [3.63, 3.8) is 0 Å². The first-order valence-corrected chi connectivity index (χ1v) is 7.36. The minimum Gasteiger partial charge on any atom is -0.364 e. The van der Waals surface area contributed by atoms with Crippen LogP contribution in [0.3, 0.4) is 0 Å². The lowest BCUT2D eigenvalue weighted by atomic mass is 9.95. The van der Waals surface area contributed by atoms with Crippen molar-refractivity contribution in [1.82, 2.24) is 15.0 Å². The summed E-state index contributed by atoms with van der Waals surface area (Å²) >= 11 is 6.23. The van der Waals surface area contributed by atoms with Gasteiger partial charge in [-0.3, -0.25) is 4.98 Å². The maximum atomic E-state index is 6.23. The molecule has 0 fully saturated rings. The molecule has 0 aromatic carbocycles. The van der Waals surface area contributed by atoms with Crippen LogP contribution in [0.15, 0.2) is 18.3 Å². The van der Waals surface area contributed by atoms with Crippen molar-refractivity contribution in [2.75, 3.05) is 5.32 Å². The van der Waals surface area contributed by atoms with Gasteiger partial charge in [0.1, 0.15) is 16.8 Å². The van der Waals surface area contributed by atoms with E-state index in [0.29, 0.717) is 11.7 Å². The maximum absolute atomic E-state index is 6.23. The molecular weight excluding hydrogens is 284 g/mol. The van der Waals surface area contributed by atoms with Gasteiger partial charge in [0.25, 0.3) is 0 Å². The third kappa shape index (κ3) is 3.70. The highest BCUT2D eigenvalue weighted by Gasteiger charge is 2.20. The van der Waals surface area contributed by atoms with Gasteiger partial charge in [0, 0.05) is 17.2 Å². The second-order valence-electron chi connectivity index (χ2n) is 6.18. The molecule has 0 spiro atoms. The molecule has 0 saturated carbocycles. The second-order valence-corrected chi connectivity index (χ2v) is 6.54. The van der Waals surface area contributed by atoms with E-state index >= 15 is 0 Å². The predicted octanol–water partition coefficient (Wildman–Crippen LogP) is 4.05. The van der Waals surface area contributed by atoms with Crippen molar-refractivity contribution in [2.24, 2.45) is 0 Å².